The molecular formula is C15H29N3. The zero-order valence-electron chi connectivity index (χ0n) is 12.1. The van der Waals surface area contributed by atoms with Crippen LogP contribution in [0.3, 0.4) is 0 Å². The van der Waals surface area contributed by atoms with Crippen LogP contribution >= 0.6 is 0 Å². The fraction of sp³-hybridized carbons (Fsp3) is 0.800. The Morgan fingerprint density at radius 2 is 1.89 bits per heavy atom. The molecule has 3 heteroatoms. The topological polar surface area (TPSA) is 43.8 Å². The minimum Gasteiger partial charge on any atom is -0.328 e. The van der Waals surface area contributed by atoms with E-state index in [-0.39, 0.29) is 0 Å². The Labute approximate surface area is 112 Å². The van der Waals surface area contributed by atoms with Crippen molar-refractivity contribution in [3.63, 3.8) is 0 Å². The van der Waals surface area contributed by atoms with Crippen LogP contribution in [0.2, 0.25) is 0 Å². The first kappa shape index (κ1) is 15.2. The Kier molecular flexibility index (Phi) is 7.74. The third-order valence-electron chi connectivity index (χ3n) is 3.62. The van der Waals surface area contributed by atoms with Crippen LogP contribution in [0.25, 0.3) is 0 Å². The van der Waals surface area contributed by atoms with Crippen LogP contribution in [0.1, 0.15) is 64.0 Å². The molecule has 0 aliphatic heterocycles. The number of aromatic nitrogens is 2. The molecule has 3 nitrogen and oxygen atoms in total. The standard InChI is InChI=1S/C15H29N3/c1-3-4-5-6-7-8-9-14(16)10-11-15-12-13-17-18(15)2/h12-14H,3-11,16H2,1-2H3. The summed E-state index contributed by atoms with van der Waals surface area (Å²) in [5.74, 6) is 0. The van der Waals surface area contributed by atoms with Gasteiger partial charge < -0.3 is 5.73 Å². The molecule has 2 N–H and O–H groups in total. The minimum atomic E-state index is 0.353. The van der Waals surface area contributed by atoms with Gasteiger partial charge in [-0.3, -0.25) is 4.68 Å². The predicted octanol–water partition coefficient (Wildman–Crippen LogP) is 3.43. The van der Waals surface area contributed by atoms with Crippen LogP contribution in [-0.2, 0) is 13.5 Å². The number of hydrogen-bond donors (Lipinski definition) is 1. The molecule has 0 aliphatic carbocycles. The summed E-state index contributed by atoms with van der Waals surface area (Å²) in [6.45, 7) is 2.26. The van der Waals surface area contributed by atoms with Crippen molar-refractivity contribution in [2.45, 2.75) is 70.8 Å². The van der Waals surface area contributed by atoms with Gasteiger partial charge in [-0.05, 0) is 25.3 Å². The summed E-state index contributed by atoms with van der Waals surface area (Å²) in [6, 6.07) is 2.43. The quantitative estimate of drug-likeness (QED) is 0.647. The Morgan fingerprint density at radius 3 is 2.56 bits per heavy atom. The highest BCUT2D eigenvalue weighted by Crippen LogP contribution is 2.11. The number of hydrogen-bond acceptors (Lipinski definition) is 2. The molecule has 104 valence electrons. The van der Waals surface area contributed by atoms with Crippen LogP contribution < -0.4 is 5.73 Å². The van der Waals surface area contributed by atoms with Crippen molar-refractivity contribution in [1.82, 2.24) is 9.78 Å². The van der Waals surface area contributed by atoms with Gasteiger partial charge in [0, 0.05) is 25.0 Å². The molecule has 1 atom stereocenters. The van der Waals surface area contributed by atoms with Gasteiger partial charge >= 0.3 is 0 Å². The van der Waals surface area contributed by atoms with Gasteiger partial charge in [0.2, 0.25) is 0 Å². The van der Waals surface area contributed by atoms with Crippen LogP contribution in [0.5, 0.6) is 0 Å². The first-order chi connectivity index (χ1) is 8.74. The maximum absolute atomic E-state index is 6.15. The van der Waals surface area contributed by atoms with Gasteiger partial charge in [-0.1, -0.05) is 45.4 Å². The van der Waals surface area contributed by atoms with Crippen LogP contribution in [-0.4, -0.2) is 15.8 Å². The summed E-state index contributed by atoms with van der Waals surface area (Å²) < 4.78 is 1.94. The summed E-state index contributed by atoms with van der Waals surface area (Å²) in [5.41, 5.74) is 7.44. The first-order valence-corrected chi connectivity index (χ1v) is 7.46. The van der Waals surface area contributed by atoms with E-state index in [1.807, 2.05) is 17.9 Å². The van der Waals surface area contributed by atoms with Gasteiger partial charge in [0.25, 0.3) is 0 Å². The van der Waals surface area contributed by atoms with Gasteiger partial charge in [0.1, 0.15) is 0 Å². The van der Waals surface area contributed by atoms with E-state index in [1.54, 1.807) is 0 Å². The van der Waals surface area contributed by atoms with E-state index < -0.39 is 0 Å². The highest BCUT2D eigenvalue weighted by molar-refractivity contribution is 5.00. The molecule has 0 fully saturated rings. The van der Waals surface area contributed by atoms with Crippen LogP contribution in [0.4, 0.5) is 0 Å². The van der Waals surface area contributed by atoms with Crippen molar-refractivity contribution < 1.29 is 0 Å². The molecule has 1 rings (SSSR count). The average Bonchev–Trinajstić information content (AvgIpc) is 2.77. The maximum atomic E-state index is 6.15. The maximum Gasteiger partial charge on any atom is 0.0492 e. The number of aryl methyl sites for hydroxylation is 2. The van der Waals surface area contributed by atoms with Crippen molar-refractivity contribution in [3.05, 3.63) is 18.0 Å². The van der Waals surface area contributed by atoms with Crippen molar-refractivity contribution >= 4 is 0 Å². The van der Waals surface area contributed by atoms with Gasteiger partial charge in [0.05, 0.1) is 0 Å². The smallest absolute Gasteiger partial charge is 0.0492 e. The molecule has 18 heavy (non-hydrogen) atoms. The van der Waals surface area contributed by atoms with Crippen LogP contribution in [0.15, 0.2) is 12.3 Å². The van der Waals surface area contributed by atoms with Crippen molar-refractivity contribution in [1.29, 1.82) is 0 Å². The molecule has 1 aromatic heterocycles. The van der Waals surface area contributed by atoms with Crippen LogP contribution in [0, 0.1) is 0 Å². The molecule has 0 saturated heterocycles. The molecule has 1 unspecified atom stereocenters. The van der Waals surface area contributed by atoms with E-state index in [0.717, 1.165) is 12.8 Å². The Bertz CT molecular complexity index is 306. The summed E-state index contributed by atoms with van der Waals surface area (Å²) >= 11 is 0. The van der Waals surface area contributed by atoms with E-state index in [9.17, 15) is 0 Å². The van der Waals surface area contributed by atoms with Gasteiger partial charge in [-0.15, -0.1) is 0 Å². The van der Waals surface area contributed by atoms with Gasteiger partial charge in [0.15, 0.2) is 0 Å². The molecule has 0 radical (unpaired) electrons. The zero-order valence-corrected chi connectivity index (χ0v) is 12.1. The molecule has 1 heterocycles. The van der Waals surface area contributed by atoms with Gasteiger partial charge in [-0.25, -0.2) is 0 Å². The first-order valence-electron chi connectivity index (χ1n) is 7.46. The molecular weight excluding hydrogens is 222 g/mol. The number of nitrogens with two attached hydrogens (primary N) is 1. The molecule has 0 saturated carbocycles. The number of rotatable bonds is 10. The van der Waals surface area contributed by atoms with E-state index in [2.05, 4.69) is 18.1 Å². The summed E-state index contributed by atoms with van der Waals surface area (Å²) in [5, 5.41) is 4.17. The lowest BCUT2D eigenvalue weighted by Crippen LogP contribution is -2.21. The van der Waals surface area contributed by atoms with Crippen molar-refractivity contribution in [2.24, 2.45) is 12.8 Å². The van der Waals surface area contributed by atoms with E-state index in [1.165, 1.54) is 50.6 Å². The van der Waals surface area contributed by atoms with E-state index in [4.69, 9.17) is 5.73 Å². The molecule has 0 aliphatic rings. The van der Waals surface area contributed by atoms with E-state index in [0.29, 0.717) is 6.04 Å². The number of unbranched alkanes of at least 4 members (excludes halogenated alkanes) is 5. The minimum absolute atomic E-state index is 0.353. The molecule has 0 aromatic carbocycles. The molecule has 1 aromatic rings. The number of nitrogens with zero attached hydrogens (tertiary/aromatic N) is 2. The molecule has 0 amide bonds. The fourth-order valence-corrected chi connectivity index (χ4v) is 2.31. The summed E-state index contributed by atoms with van der Waals surface area (Å²) in [7, 11) is 1.99. The second-order valence-electron chi connectivity index (χ2n) is 5.30. The fourth-order valence-electron chi connectivity index (χ4n) is 2.31. The third-order valence-corrected chi connectivity index (χ3v) is 3.62. The Balaban J connectivity index is 2.00. The SMILES string of the molecule is CCCCCCCCC(N)CCc1ccnn1C. The second-order valence-corrected chi connectivity index (χ2v) is 5.30. The van der Waals surface area contributed by atoms with Gasteiger partial charge in [-0.2, -0.15) is 5.10 Å². The lowest BCUT2D eigenvalue weighted by atomic mass is 10.0. The lowest BCUT2D eigenvalue weighted by molar-refractivity contribution is 0.506. The van der Waals surface area contributed by atoms with Crippen molar-refractivity contribution in [2.75, 3.05) is 0 Å². The third kappa shape index (κ3) is 6.20. The highest BCUT2D eigenvalue weighted by Gasteiger charge is 2.05. The van der Waals surface area contributed by atoms with E-state index >= 15 is 0 Å². The monoisotopic (exact) mass is 251 g/mol. The molecule has 0 bridgehead atoms. The summed E-state index contributed by atoms with van der Waals surface area (Å²) in [4.78, 5) is 0. The van der Waals surface area contributed by atoms with Crippen molar-refractivity contribution in [3.8, 4) is 0 Å². The average molecular weight is 251 g/mol. The largest absolute Gasteiger partial charge is 0.328 e. The lowest BCUT2D eigenvalue weighted by Gasteiger charge is -2.11. The molecule has 0 spiro atoms. The predicted molar refractivity (Wildman–Crippen MR) is 77.5 cm³/mol. The highest BCUT2D eigenvalue weighted by atomic mass is 15.2. The Hall–Kier alpha value is -0.830. The Morgan fingerprint density at radius 1 is 1.17 bits per heavy atom. The summed E-state index contributed by atoms with van der Waals surface area (Å²) in [6.07, 6.45) is 13.3. The second kappa shape index (κ2) is 9.15. The zero-order chi connectivity index (χ0) is 13.2. The normalized spacial score (nSPS) is 12.8.